The van der Waals surface area contributed by atoms with E-state index in [2.05, 4.69) is 24.5 Å². The molecule has 0 saturated carbocycles. The van der Waals surface area contributed by atoms with Gasteiger partial charge < -0.3 is 10.1 Å². The highest BCUT2D eigenvalue weighted by molar-refractivity contribution is 5.85. The second-order valence-electron chi connectivity index (χ2n) is 4.86. The molecule has 2 rings (SSSR count). The Morgan fingerprint density at radius 1 is 1.43 bits per heavy atom. The molecular formula is C10H21ClN2O. The number of halogens is 1. The first kappa shape index (κ1) is 12.2. The predicted molar refractivity (Wildman–Crippen MR) is 59.8 cm³/mol. The lowest BCUT2D eigenvalue weighted by molar-refractivity contribution is 0.0845. The number of nitrogens with one attached hydrogen (secondary N) is 2. The molecule has 2 aliphatic rings. The summed E-state index contributed by atoms with van der Waals surface area (Å²) in [6.07, 6.45) is 4.01. The summed E-state index contributed by atoms with van der Waals surface area (Å²) < 4.78 is 5.68. The first-order chi connectivity index (χ1) is 6.16. The Kier molecular flexibility index (Phi) is 4.19. The summed E-state index contributed by atoms with van der Waals surface area (Å²) in [4.78, 5) is 0. The van der Waals surface area contributed by atoms with Gasteiger partial charge >= 0.3 is 0 Å². The van der Waals surface area contributed by atoms with Crippen LogP contribution in [0.15, 0.2) is 0 Å². The molecule has 0 spiro atoms. The molecule has 2 N–H and O–H groups in total. The summed E-state index contributed by atoms with van der Waals surface area (Å²) >= 11 is 0. The Balaban J connectivity index is 0.000000980. The minimum atomic E-state index is 0. The molecule has 0 aliphatic carbocycles. The van der Waals surface area contributed by atoms with E-state index in [4.69, 9.17) is 4.74 Å². The van der Waals surface area contributed by atoms with Crippen LogP contribution >= 0.6 is 12.4 Å². The zero-order chi connectivity index (χ0) is 9.31. The lowest BCUT2D eigenvalue weighted by Crippen LogP contribution is -2.41. The molecule has 2 atom stereocenters. The number of hydrogen-bond acceptors (Lipinski definition) is 3. The van der Waals surface area contributed by atoms with E-state index in [0.29, 0.717) is 6.04 Å². The van der Waals surface area contributed by atoms with E-state index >= 15 is 0 Å². The standard InChI is InChI=1S/C10H20N2O.ClH/c1-10(2)7-13-9(12-10)6-8-4-3-5-11-8;/h8-9,11-12H,3-7H2,1-2H3;1H. The maximum atomic E-state index is 5.68. The molecule has 4 heteroatoms. The van der Waals surface area contributed by atoms with Crippen molar-refractivity contribution in [1.29, 1.82) is 0 Å². The fourth-order valence-corrected chi connectivity index (χ4v) is 2.17. The van der Waals surface area contributed by atoms with Crippen LogP contribution in [0.5, 0.6) is 0 Å². The molecule has 0 aromatic rings. The average molecular weight is 221 g/mol. The van der Waals surface area contributed by atoms with Gasteiger partial charge in [-0.05, 0) is 33.2 Å². The quantitative estimate of drug-likeness (QED) is 0.736. The highest BCUT2D eigenvalue weighted by atomic mass is 35.5. The van der Waals surface area contributed by atoms with Crippen LogP contribution in [0.25, 0.3) is 0 Å². The average Bonchev–Trinajstić information content (AvgIpc) is 2.61. The summed E-state index contributed by atoms with van der Waals surface area (Å²) in [6.45, 7) is 6.40. The van der Waals surface area contributed by atoms with Gasteiger partial charge in [-0.1, -0.05) is 0 Å². The molecule has 2 unspecified atom stereocenters. The number of hydrogen-bond donors (Lipinski definition) is 2. The van der Waals surface area contributed by atoms with Crippen molar-refractivity contribution in [3.63, 3.8) is 0 Å². The maximum absolute atomic E-state index is 5.68. The molecule has 14 heavy (non-hydrogen) atoms. The molecule has 2 heterocycles. The van der Waals surface area contributed by atoms with Crippen LogP contribution in [-0.4, -0.2) is 31.0 Å². The Bertz CT molecular complexity index is 181. The highest BCUT2D eigenvalue weighted by Crippen LogP contribution is 2.19. The minimum absolute atomic E-state index is 0. The van der Waals surface area contributed by atoms with Gasteiger partial charge in [0.2, 0.25) is 0 Å². The Morgan fingerprint density at radius 2 is 2.21 bits per heavy atom. The van der Waals surface area contributed by atoms with Crippen LogP contribution in [-0.2, 0) is 4.74 Å². The van der Waals surface area contributed by atoms with Gasteiger partial charge in [0.1, 0.15) is 6.23 Å². The van der Waals surface area contributed by atoms with Crippen molar-refractivity contribution in [2.24, 2.45) is 0 Å². The van der Waals surface area contributed by atoms with Crippen molar-refractivity contribution in [3.05, 3.63) is 0 Å². The van der Waals surface area contributed by atoms with Crippen LogP contribution in [0.3, 0.4) is 0 Å². The van der Waals surface area contributed by atoms with Gasteiger partial charge in [-0.3, -0.25) is 5.32 Å². The van der Waals surface area contributed by atoms with Gasteiger partial charge in [-0.2, -0.15) is 0 Å². The molecule has 2 saturated heterocycles. The molecule has 0 bridgehead atoms. The van der Waals surface area contributed by atoms with E-state index in [1.165, 1.54) is 19.4 Å². The number of ether oxygens (including phenoxy) is 1. The van der Waals surface area contributed by atoms with Gasteiger partial charge in [-0.25, -0.2) is 0 Å². The molecule has 0 radical (unpaired) electrons. The molecule has 0 amide bonds. The Labute approximate surface area is 92.4 Å². The lowest BCUT2D eigenvalue weighted by Gasteiger charge is -2.19. The van der Waals surface area contributed by atoms with Crippen molar-refractivity contribution in [1.82, 2.24) is 10.6 Å². The second kappa shape index (κ2) is 4.79. The molecular weight excluding hydrogens is 200 g/mol. The summed E-state index contributed by atoms with van der Waals surface area (Å²) in [7, 11) is 0. The smallest absolute Gasteiger partial charge is 0.110 e. The van der Waals surface area contributed by atoms with Gasteiger partial charge in [0.25, 0.3) is 0 Å². The van der Waals surface area contributed by atoms with Crippen molar-refractivity contribution in [2.45, 2.75) is 50.9 Å². The third-order valence-electron chi connectivity index (χ3n) is 2.86. The lowest BCUT2D eigenvalue weighted by atomic mass is 10.1. The summed E-state index contributed by atoms with van der Waals surface area (Å²) in [5.74, 6) is 0. The van der Waals surface area contributed by atoms with Crippen LogP contribution in [0.4, 0.5) is 0 Å². The first-order valence-corrected chi connectivity index (χ1v) is 5.28. The van der Waals surface area contributed by atoms with Crippen molar-refractivity contribution >= 4 is 12.4 Å². The minimum Gasteiger partial charge on any atom is -0.361 e. The van der Waals surface area contributed by atoms with Crippen LogP contribution in [0.1, 0.15) is 33.1 Å². The molecule has 2 fully saturated rings. The van der Waals surface area contributed by atoms with E-state index in [1.807, 2.05) is 0 Å². The maximum Gasteiger partial charge on any atom is 0.110 e. The predicted octanol–water partition coefficient (Wildman–Crippen LogP) is 1.27. The summed E-state index contributed by atoms with van der Waals surface area (Å²) in [5.41, 5.74) is 0.170. The Morgan fingerprint density at radius 3 is 2.71 bits per heavy atom. The topological polar surface area (TPSA) is 33.3 Å². The second-order valence-corrected chi connectivity index (χ2v) is 4.86. The largest absolute Gasteiger partial charge is 0.361 e. The fourth-order valence-electron chi connectivity index (χ4n) is 2.17. The van der Waals surface area contributed by atoms with E-state index in [1.54, 1.807) is 0 Å². The van der Waals surface area contributed by atoms with E-state index < -0.39 is 0 Å². The third-order valence-corrected chi connectivity index (χ3v) is 2.86. The monoisotopic (exact) mass is 220 g/mol. The van der Waals surface area contributed by atoms with Gasteiger partial charge in [0.05, 0.1) is 6.61 Å². The van der Waals surface area contributed by atoms with Crippen LogP contribution in [0.2, 0.25) is 0 Å². The van der Waals surface area contributed by atoms with E-state index in [9.17, 15) is 0 Å². The molecule has 84 valence electrons. The third kappa shape index (κ3) is 3.09. The van der Waals surface area contributed by atoms with Crippen molar-refractivity contribution in [3.8, 4) is 0 Å². The zero-order valence-electron chi connectivity index (χ0n) is 9.01. The van der Waals surface area contributed by atoms with Crippen molar-refractivity contribution < 1.29 is 4.74 Å². The number of rotatable bonds is 2. The van der Waals surface area contributed by atoms with Gasteiger partial charge in [0.15, 0.2) is 0 Å². The molecule has 0 aromatic heterocycles. The first-order valence-electron chi connectivity index (χ1n) is 5.28. The summed E-state index contributed by atoms with van der Waals surface area (Å²) in [6, 6.07) is 0.673. The van der Waals surface area contributed by atoms with Crippen molar-refractivity contribution in [2.75, 3.05) is 13.2 Å². The molecule has 2 aliphatic heterocycles. The fraction of sp³-hybridized carbons (Fsp3) is 1.00. The van der Waals surface area contributed by atoms with E-state index in [-0.39, 0.29) is 24.2 Å². The SMILES string of the molecule is CC1(C)COC(CC2CCCN2)N1.Cl. The van der Waals surface area contributed by atoms with E-state index in [0.717, 1.165) is 13.0 Å². The van der Waals surface area contributed by atoms with Gasteiger partial charge in [0, 0.05) is 18.0 Å². The molecule has 3 nitrogen and oxygen atoms in total. The zero-order valence-corrected chi connectivity index (χ0v) is 9.82. The van der Waals surface area contributed by atoms with Crippen LogP contribution in [0, 0.1) is 0 Å². The normalized spacial score (nSPS) is 35.6. The highest BCUT2D eigenvalue weighted by Gasteiger charge is 2.32. The van der Waals surface area contributed by atoms with Crippen LogP contribution < -0.4 is 10.6 Å². The Hall–Kier alpha value is 0.170. The van der Waals surface area contributed by atoms with Gasteiger partial charge in [-0.15, -0.1) is 12.4 Å². The molecule has 0 aromatic carbocycles. The summed E-state index contributed by atoms with van der Waals surface area (Å²) in [5, 5.41) is 6.99.